The molecule has 49 heavy (non-hydrogen) atoms. The number of anilines is 1. The van der Waals surface area contributed by atoms with E-state index in [4.69, 9.17) is 25.8 Å². The van der Waals surface area contributed by atoms with E-state index < -0.39 is 9.84 Å². The largest absolute Gasteiger partial charge is 0.490 e. The van der Waals surface area contributed by atoms with Gasteiger partial charge in [-0.1, -0.05) is 23.7 Å². The van der Waals surface area contributed by atoms with Gasteiger partial charge < -0.3 is 19.1 Å². The molecule has 1 unspecified atom stereocenters. The second kappa shape index (κ2) is 14.0. The molecule has 0 radical (unpaired) electrons. The van der Waals surface area contributed by atoms with Gasteiger partial charge in [-0.3, -0.25) is 0 Å². The van der Waals surface area contributed by atoms with Crippen molar-refractivity contribution in [1.82, 2.24) is 9.97 Å². The molecule has 2 heterocycles. The van der Waals surface area contributed by atoms with Crippen LogP contribution >= 0.6 is 11.6 Å². The number of ether oxygens (including phenoxy) is 3. The molecule has 0 bridgehead atoms. The van der Waals surface area contributed by atoms with E-state index in [1.165, 1.54) is 36.2 Å². The van der Waals surface area contributed by atoms with Crippen molar-refractivity contribution in [1.29, 1.82) is 0 Å². The Morgan fingerprint density at radius 2 is 1.94 bits per heavy atom. The molecule has 4 aliphatic rings. The van der Waals surface area contributed by atoms with Crippen molar-refractivity contribution >= 4 is 33.1 Å². The van der Waals surface area contributed by atoms with Crippen LogP contribution in [0.25, 0.3) is 0 Å². The summed E-state index contributed by atoms with van der Waals surface area (Å²) in [7, 11) is -0.343. The Balaban J connectivity index is 1.12. The number of sulfone groups is 1. The van der Waals surface area contributed by atoms with Crippen LogP contribution in [0.2, 0.25) is 5.02 Å². The summed E-state index contributed by atoms with van der Waals surface area (Å²) in [4.78, 5) is 23.0. The molecule has 0 N–H and O–H groups in total. The zero-order chi connectivity index (χ0) is 34.2. The highest BCUT2D eigenvalue weighted by molar-refractivity contribution is 7.91. The number of hydrogen-bond acceptors (Lipinski definition) is 9. The number of allylic oxidation sites excluding steroid dienone is 1. The third-order valence-corrected chi connectivity index (χ3v) is 13.1. The molecule has 1 aromatic heterocycles. The fourth-order valence-corrected chi connectivity index (χ4v) is 10.3. The Morgan fingerprint density at radius 3 is 2.65 bits per heavy atom. The van der Waals surface area contributed by atoms with E-state index in [-0.39, 0.29) is 34.3 Å². The maximum absolute atomic E-state index is 12.9. The number of aromatic nitrogens is 2. The molecule has 2 aromatic carbocycles. The lowest BCUT2D eigenvalue weighted by Gasteiger charge is -2.47. The van der Waals surface area contributed by atoms with E-state index in [0.717, 1.165) is 74.5 Å². The lowest BCUT2D eigenvalue weighted by atomic mass is 9.66. The number of carbonyl (C=O) groups is 1. The molecule has 1 spiro atoms. The maximum atomic E-state index is 12.9. The zero-order valence-corrected chi connectivity index (χ0v) is 29.7. The second-order valence-electron chi connectivity index (χ2n) is 14.2. The van der Waals surface area contributed by atoms with Crippen LogP contribution in [0.5, 0.6) is 5.75 Å². The topological polar surface area (TPSA) is 108 Å². The molecule has 9 nitrogen and oxygen atoms in total. The van der Waals surface area contributed by atoms with Crippen molar-refractivity contribution in [3.05, 3.63) is 88.2 Å². The summed E-state index contributed by atoms with van der Waals surface area (Å²) in [5, 5.41) is 0.657. The van der Waals surface area contributed by atoms with Crippen molar-refractivity contribution in [2.45, 2.75) is 68.0 Å². The molecule has 260 valence electrons. The number of benzene rings is 2. The Labute approximate surface area is 293 Å². The smallest absolute Gasteiger partial charge is 0.337 e. The van der Waals surface area contributed by atoms with Crippen LogP contribution in [-0.4, -0.2) is 70.1 Å². The van der Waals surface area contributed by atoms with Crippen LogP contribution < -0.4 is 9.64 Å². The van der Waals surface area contributed by atoms with Crippen LogP contribution in [0, 0.1) is 17.8 Å². The molecule has 3 aliphatic carbocycles. The fourth-order valence-electron chi connectivity index (χ4n) is 8.61. The Hall–Kier alpha value is -3.47. The summed E-state index contributed by atoms with van der Waals surface area (Å²) in [5.74, 6) is 1.19. The minimum atomic E-state index is -3.54. The molecule has 1 aliphatic heterocycles. The number of aryl methyl sites for hydroxylation is 1. The van der Waals surface area contributed by atoms with Gasteiger partial charge in [0.1, 0.15) is 5.75 Å². The first kappa shape index (κ1) is 34.0. The number of halogens is 1. The van der Waals surface area contributed by atoms with Crippen molar-refractivity contribution in [2.24, 2.45) is 17.8 Å². The molecule has 1 fully saturated rings. The molecule has 0 amide bonds. The van der Waals surface area contributed by atoms with E-state index in [0.29, 0.717) is 30.4 Å². The van der Waals surface area contributed by atoms with Gasteiger partial charge in [-0.25, -0.2) is 23.2 Å². The predicted octanol–water partition coefficient (Wildman–Crippen LogP) is 6.63. The van der Waals surface area contributed by atoms with E-state index in [1.54, 1.807) is 19.2 Å². The molecule has 11 heteroatoms. The summed E-state index contributed by atoms with van der Waals surface area (Å²) in [5.41, 5.74) is 5.07. The van der Waals surface area contributed by atoms with Gasteiger partial charge in [0.05, 0.1) is 36.8 Å². The lowest BCUT2D eigenvalue weighted by molar-refractivity contribution is 0.00323. The fraction of sp³-hybridized carbons (Fsp3) is 0.500. The van der Waals surface area contributed by atoms with Crippen molar-refractivity contribution in [3.8, 4) is 5.75 Å². The van der Waals surface area contributed by atoms with E-state index in [1.807, 2.05) is 18.2 Å². The van der Waals surface area contributed by atoms with Gasteiger partial charge in [0, 0.05) is 43.0 Å². The van der Waals surface area contributed by atoms with Gasteiger partial charge in [0.25, 0.3) is 0 Å². The average molecular weight is 706 g/mol. The van der Waals surface area contributed by atoms with Crippen LogP contribution in [0.3, 0.4) is 0 Å². The van der Waals surface area contributed by atoms with Gasteiger partial charge in [-0.2, -0.15) is 0 Å². The molecule has 7 rings (SSSR count). The summed E-state index contributed by atoms with van der Waals surface area (Å²) < 4.78 is 43.8. The highest BCUT2D eigenvalue weighted by atomic mass is 35.5. The van der Waals surface area contributed by atoms with E-state index >= 15 is 0 Å². The molecular weight excluding hydrogens is 662 g/mol. The Kier molecular flexibility index (Phi) is 9.74. The number of carbonyl (C=O) groups excluding carboxylic acids is 1. The first-order valence-corrected chi connectivity index (χ1v) is 19.3. The number of hydrogen-bond donors (Lipinski definition) is 0. The van der Waals surface area contributed by atoms with Crippen molar-refractivity contribution < 1.29 is 27.4 Å². The van der Waals surface area contributed by atoms with Gasteiger partial charge in [-0.05, 0) is 122 Å². The maximum Gasteiger partial charge on any atom is 0.337 e. The second-order valence-corrected chi connectivity index (χ2v) is 16.5. The Morgan fingerprint density at radius 1 is 1.10 bits per heavy atom. The Bertz CT molecular complexity index is 1840. The summed E-state index contributed by atoms with van der Waals surface area (Å²) in [6.45, 7) is 2.13. The van der Waals surface area contributed by atoms with Crippen molar-refractivity contribution in [3.63, 3.8) is 0 Å². The van der Waals surface area contributed by atoms with E-state index in [9.17, 15) is 13.2 Å². The summed E-state index contributed by atoms with van der Waals surface area (Å²) in [6, 6.07) is 13.5. The predicted molar refractivity (Wildman–Crippen MR) is 188 cm³/mol. The monoisotopic (exact) mass is 705 g/mol. The molecule has 5 atom stereocenters. The average Bonchev–Trinajstić information content (AvgIpc) is 3.26. The molecule has 1 saturated carbocycles. The van der Waals surface area contributed by atoms with Crippen LogP contribution in [0.15, 0.2) is 71.7 Å². The third kappa shape index (κ3) is 6.84. The lowest BCUT2D eigenvalue weighted by Crippen LogP contribution is -2.50. The summed E-state index contributed by atoms with van der Waals surface area (Å²) >= 11 is 6.45. The standard InChI is InChI=1S/C38H44ClN3O6S/c1-46-35(26-8-6-25(7-9-26)22-49(44,45)37-40-17-4-18-41-37)31-13-10-29(31)21-42-23-38(16-3-5-27-19-30(39)12-14-32(27)38)24-48-34-15-11-28(20-33(34)42)36(43)47-2/h4,8,11-12,14-15,17-20,25,29,31,35H,3,5-7,9-10,13,16,21-24H2,1-2H3/t25-,29+,31-,35+,38?/m1/s1. The molecule has 3 aromatic rings. The number of rotatable bonds is 9. The van der Waals surface area contributed by atoms with Crippen molar-refractivity contribution in [2.75, 3.05) is 44.6 Å². The zero-order valence-electron chi connectivity index (χ0n) is 28.1. The normalized spacial score (nSPS) is 25.6. The molecule has 0 saturated heterocycles. The van der Waals surface area contributed by atoms with Gasteiger partial charge >= 0.3 is 5.97 Å². The first-order chi connectivity index (χ1) is 23.7. The minimum absolute atomic E-state index is 0.0225. The van der Waals surface area contributed by atoms with Gasteiger partial charge in [0.15, 0.2) is 0 Å². The number of fused-ring (bicyclic) bond motifs is 3. The highest BCUT2D eigenvalue weighted by Crippen LogP contribution is 2.48. The first-order valence-electron chi connectivity index (χ1n) is 17.3. The number of nitrogens with zero attached hydrogens (tertiary/aromatic N) is 3. The number of esters is 1. The van der Waals surface area contributed by atoms with Gasteiger partial charge in [0.2, 0.25) is 15.0 Å². The SMILES string of the molecule is COC(=O)c1ccc2c(c1)N(C[C@@H]1CC[C@H]1[C@@H](OC)C1=CC[C@@H](CS(=O)(=O)c3ncccn3)CC1)CC1(CCCc3cc(Cl)ccc31)CO2. The highest BCUT2D eigenvalue weighted by Gasteiger charge is 2.45. The van der Waals surface area contributed by atoms with Crippen LogP contribution in [0.4, 0.5) is 5.69 Å². The van der Waals surface area contributed by atoms with Crippen LogP contribution in [0.1, 0.15) is 66.4 Å². The quantitative estimate of drug-likeness (QED) is 0.138. The van der Waals surface area contributed by atoms with Gasteiger partial charge in [-0.15, -0.1) is 0 Å². The third-order valence-electron chi connectivity index (χ3n) is 11.2. The van der Waals surface area contributed by atoms with E-state index in [2.05, 4.69) is 33.1 Å². The van der Waals surface area contributed by atoms with Crippen LogP contribution in [-0.2, 0) is 31.1 Å². The summed E-state index contributed by atoms with van der Waals surface area (Å²) in [6.07, 6.45) is 12.6. The molecular formula is C38H44ClN3O6S. The minimum Gasteiger partial charge on any atom is -0.490 e. The number of methoxy groups -OCH3 is 2.